The van der Waals surface area contributed by atoms with Gasteiger partial charge in [-0.2, -0.15) is 0 Å². The summed E-state index contributed by atoms with van der Waals surface area (Å²) in [6, 6.07) is 0. The first-order chi connectivity index (χ1) is 5.27. The lowest BCUT2D eigenvalue weighted by Gasteiger charge is -2.22. The SMILES string of the molecule is C=CC.CC(C(=O)O)C(C)(C)C. The van der Waals surface area contributed by atoms with E-state index in [1.807, 2.05) is 27.7 Å². The van der Waals surface area contributed by atoms with Crippen molar-refractivity contribution in [2.45, 2.75) is 34.6 Å². The summed E-state index contributed by atoms with van der Waals surface area (Å²) >= 11 is 0. The van der Waals surface area contributed by atoms with Crippen molar-refractivity contribution in [3.8, 4) is 0 Å². The van der Waals surface area contributed by atoms with E-state index in [0.717, 1.165) is 0 Å². The molecule has 0 radical (unpaired) electrons. The van der Waals surface area contributed by atoms with E-state index in [0.29, 0.717) is 0 Å². The summed E-state index contributed by atoms with van der Waals surface area (Å²) in [7, 11) is 0. The lowest BCUT2D eigenvalue weighted by atomic mass is 9.82. The predicted octanol–water partition coefficient (Wildman–Crippen LogP) is 2.95. The molecule has 2 heteroatoms. The van der Waals surface area contributed by atoms with Gasteiger partial charge in [0.15, 0.2) is 0 Å². The van der Waals surface area contributed by atoms with Gasteiger partial charge in [-0.1, -0.05) is 33.8 Å². The molecule has 12 heavy (non-hydrogen) atoms. The normalized spacial score (nSPS) is 12.4. The van der Waals surface area contributed by atoms with Crippen LogP contribution in [0.25, 0.3) is 0 Å². The Bertz CT molecular complexity index is 142. The number of aliphatic carboxylic acids is 1. The van der Waals surface area contributed by atoms with Crippen LogP contribution in [-0.4, -0.2) is 11.1 Å². The second-order valence-electron chi connectivity index (χ2n) is 3.83. The van der Waals surface area contributed by atoms with Crippen molar-refractivity contribution in [1.29, 1.82) is 0 Å². The molecule has 0 amide bonds. The van der Waals surface area contributed by atoms with Gasteiger partial charge in [0.2, 0.25) is 0 Å². The number of carbonyl (C=O) groups is 1. The Hall–Kier alpha value is -0.790. The van der Waals surface area contributed by atoms with Crippen molar-refractivity contribution in [3.05, 3.63) is 12.7 Å². The standard InChI is InChI=1S/C7H14O2.C3H6/c1-5(6(8)9)7(2,3)4;1-3-2/h5H,1-4H3,(H,8,9);3H,1H2,2H3. The Morgan fingerprint density at radius 2 is 1.75 bits per heavy atom. The van der Waals surface area contributed by atoms with Gasteiger partial charge in [0.25, 0.3) is 0 Å². The number of carboxylic acid groups (broad SMARTS) is 1. The van der Waals surface area contributed by atoms with Gasteiger partial charge >= 0.3 is 5.97 Å². The monoisotopic (exact) mass is 172 g/mol. The molecule has 1 atom stereocenters. The first kappa shape index (κ1) is 13.8. The van der Waals surface area contributed by atoms with Crippen LogP contribution in [0, 0.1) is 11.3 Å². The number of rotatable bonds is 1. The van der Waals surface area contributed by atoms with Gasteiger partial charge in [0, 0.05) is 0 Å². The number of hydrogen-bond donors (Lipinski definition) is 1. The van der Waals surface area contributed by atoms with Gasteiger partial charge in [0.1, 0.15) is 0 Å². The van der Waals surface area contributed by atoms with Crippen molar-refractivity contribution in [3.63, 3.8) is 0 Å². The smallest absolute Gasteiger partial charge is 0.306 e. The molecule has 0 aliphatic carbocycles. The van der Waals surface area contributed by atoms with Crippen LogP contribution in [0.1, 0.15) is 34.6 Å². The fraction of sp³-hybridized carbons (Fsp3) is 0.700. The molecule has 0 heterocycles. The van der Waals surface area contributed by atoms with Crippen molar-refractivity contribution >= 4 is 5.97 Å². The molecule has 0 aromatic heterocycles. The zero-order chi connectivity index (χ0) is 10.4. The van der Waals surface area contributed by atoms with Gasteiger partial charge in [0.05, 0.1) is 5.92 Å². The fourth-order valence-corrected chi connectivity index (χ4v) is 0.370. The van der Waals surface area contributed by atoms with Crippen LogP contribution in [0.4, 0.5) is 0 Å². The van der Waals surface area contributed by atoms with Crippen molar-refractivity contribution in [2.24, 2.45) is 11.3 Å². The Labute approximate surface area is 75.3 Å². The van der Waals surface area contributed by atoms with Crippen LogP contribution in [-0.2, 0) is 4.79 Å². The van der Waals surface area contributed by atoms with Crippen molar-refractivity contribution < 1.29 is 9.90 Å². The molecule has 0 aliphatic heterocycles. The predicted molar refractivity (Wildman–Crippen MR) is 52.1 cm³/mol. The molecule has 72 valence electrons. The maximum absolute atomic E-state index is 10.3. The molecule has 0 aliphatic rings. The highest BCUT2D eigenvalue weighted by molar-refractivity contribution is 5.70. The zero-order valence-corrected chi connectivity index (χ0v) is 8.72. The first-order valence-electron chi connectivity index (χ1n) is 4.07. The van der Waals surface area contributed by atoms with Crippen LogP contribution in [0.3, 0.4) is 0 Å². The largest absolute Gasteiger partial charge is 0.481 e. The van der Waals surface area contributed by atoms with Gasteiger partial charge in [-0.25, -0.2) is 0 Å². The average molecular weight is 172 g/mol. The second-order valence-corrected chi connectivity index (χ2v) is 3.83. The van der Waals surface area contributed by atoms with Crippen LogP contribution in [0.2, 0.25) is 0 Å². The molecule has 2 nitrogen and oxygen atoms in total. The summed E-state index contributed by atoms with van der Waals surface area (Å²) in [6.07, 6.45) is 1.75. The van der Waals surface area contributed by atoms with Crippen LogP contribution >= 0.6 is 0 Å². The molecule has 0 bridgehead atoms. The van der Waals surface area contributed by atoms with E-state index >= 15 is 0 Å². The van der Waals surface area contributed by atoms with E-state index in [1.165, 1.54) is 0 Å². The van der Waals surface area contributed by atoms with E-state index in [1.54, 1.807) is 13.0 Å². The molecule has 1 unspecified atom stereocenters. The number of carboxylic acids is 1. The first-order valence-corrected chi connectivity index (χ1v) is 4.07. The third-order valence-electron chi connectivity index (χ3n) is 1.67. The van der Waals surface area contributed by atoms with E-state index < -0.39 is 5.97 Å². The average Bonchev–Trinajstić information content (AvgIpc) is 1.85. The molecule has 0 fully saturated rings. The minimum atomic E-state index is -0.720. The van der Waals surface area contributed by atoms with Crippen LogP contribution < -0.4 is 0 Å². The highest BCUT2D eigenvalue weighted by atomic mass is 16.4. The van der Waals surface area contributed by atoms with E-state index in [9.17, 15) is 4.79 Å². The molecule has 1 N–H and O–H groups in total. The minimum Gasteiger partial charge on any atom is -0.481 e. The number of allylic oxidation sites excluding steroid dienone is 1. The molecule has 0 spiro atoms. The van der Waals surface area contributed by atoms with E-state index in [4.69, 9.17) is 5.11 Å². The molecule has 0 saturated heterocycles. The lowest BCUT2D eigenvalue weighted by Crippen LogP contribution is -2.25. The quantitative estimate of drug-likeness (QED) is 0.617. The van der Waals surface area contributed by atoms with Crippen molar-refractivity contribution in [1.82, 2.24) is 0 Å². The third kappa shape index (κ3) is 7.32. The summed E-state index contributed by atoms with van der Waals surface area (Å²) in [5.41, 5.74) is -0.119. The van der Waals surface area contributed by atoms with E-state index in [-0.39, 0.29) is 11.3 Å². The summed E-state index contributed by atoms with van der Waals surface area (Å²) in [6.45, 7) is 12.7. The Kier molecular flexibility index (Phi) is 6.67. The molecular formula is C10H20O2. The molecular weight excluding hydrogens is 152 g/mol. The van der Waals surface area contributed by atoms with Crippen LogP contribution in [0.5, 0.6) is 0 Å². The zero-order valence-electron chi connectivity index (χ0n) is 8.72. The van der Waals surface area contributed by atoms with Gasteiger partial charge in [-0.05, 0) is 12.3 Å². The summed E-state index contributed by atoms with van der Waals surface area (Å²) in [4.78, 5) is 10.3. The molecule has 0 saturated carbocycles. The third-order valence-corrected chi connectivity index (χ3v) is 1.67. The fourth-order valence-electron chi connectivity index (χ4n) is 0.370. The Morgan fingerprint density at radius 3 is 1.75 bits per heavy atom. The number of hydrogen-bond acceptors (Lipinski definition) is 1. The maximum Gasteiger partial charge on any atom is 0.306 e. The summed E-state index contributed by atoms with van der Waals surface area (Å²) in [5, 5.41) is 8.52. The lowest BCUT2D eigenvalue weighted by molar-refractivity contribution is -0.144. The van der Waals surface area contributed by atoms with Crippen LogP contribution in [0.15, 0.2) is 12.7 Å². The Morgan fingerprint density at radius 1 is 1.50 bits per heavy atom. The molecule has 0 aromatic rings. The highest BCUT2D eigenvalue weighted by Crippen LogP contribution is 2.24. The van der Waals surface area contributed by atoms with E-state index in [2.05, 4.69) is 6.58 Å². The Balaban J connectivity index is 0. The molecule has 0 rings (SSSR count). The van der Waals surface area contributed by atoms with Gasteiger partial charge in [-0.15, -0.1) is 6.58 Å². The molecule has 0 aromatic carbocycles. The van der Waals surface area contributed by atoms with Gasteiger partial charge < -0.3 is 5.11 Å². The minimum absolute atomic E-state index is 0.119. The van der Waals surface area contributed by atoms with Crippen molar-refractivity contribution in [2.75, 3.05) is 0 Å². The summed E-state index contributed by atoms with van der Waals surface area (Å²) < 4.78 is 0. The highest BCUT2D eigenvalue weighted by Gasteiger charge is 2.25. The topological polar surface area (TPSA) is 37.3 Å². The second kappa shape index (κ2) is 5.81. The maximum atomic E-state index is 10.3. The van der Waals surface area contributed by atoms with Gasteiger partial charge in [-0.3, -0.25) is 4.79 Å². The summed E-state index contributed by atoms with van der Waals surface area (Å²) in [5.74, 6) is -0.986.